The molecule has 0 spiro atoms. The van der Waals surface area contributed by atoms with Gasteiger partial charge in [0.1, 0.15) is 73.2 Å². The molecule has 0 aromatic carbocycles. The van der Waals surface area contributed by atoms with E-state index < -0.39 is 124 Å². The van der Waals surface area contributed by atoms with E-state index in [0.29, 0.717) is 12.8 Å². The lowest BCUT2D eigenvalue weighted by Crippen LogP contribution is -2.66. The lowest BCUT2D eigenvalue weighted by Gasteiger charge is -2.48. The quantitative estimate of drug-likeness (QED) is 0.0199. The minimum atomic E-state index is -1.98. The molecule has 12 N–H and O–H groups in total. The Morgan fingerprint density at radius 2 is 0.681 bits per heavy atom. The zero-order chi connectivity index (χ0) is 68.2. The molecule has 19 heteroatoms. The van der Waals surface area contributed by atoms with Gasteiger partial charge in [0.25, 0.3) is 0 Å². The Morgan fingerprint density at radius 1 is 0.372 bits per heavy atom. The molecule has 0 aromatic rings. The highest BCUT2D eigenvalue weighted by Gasteiger charge is 2.53. The van der Waals surface area contributed by atoms with Crippen molar-refractivity contribution in [2.75, 3.05) is 26.4 Å². The smallest absolute Gasteiger partial charge is 0.220 e. The van der Waals surface area contributed by atoms with Crippen molar-refractivity contribution in [2.24, 2.45) is 0 Å². The number of nitrogens with one attached hydrogen (secondary N) is 1. The Bertz CT molecular complexity index is 1840. The van der Waals surface area contributed by atoms with E-state index in [1.807, 2.05) is 6.08 Å². The molecular weight excluding hydrogens is 1200 g/mol. The maximum atomic E-state index is 13.4. The van der Waals surface area contributed by atoms with Gasteiger partial charge in [-0.2, -0.15) is 0 Å². The molecule has 0 aliphatic carbocycles. The van der Waals surface area contributed by atoms with Gasteiger partial charge in [-0.05, 0) is 57.8 Å². The van der Waals surface area contributed by atoms with Crippen LogP contribution in [-0.4, -0.2) is 193 Å². The Hall–Kier alpha value is -1.99. The van der Waals surface area contributed by atoms with Gasteiger partial charge in [-0.1, -0.05) is 275 Å². The maximum absolute atomic E-state index is 13.4. The van der Waals surface area contributed by atoms with E-state index in [0.717, 1.165) is 51.4 Å². The van der Waals surface area contributed by atoms with Gasteiger partial charge < -0.3 is 89.9 Å². The number of amides is 1. The minimum absolute atomic E-state index is 0.231. The van der Waals surface area contributed by atoms with Crippen molar-refractivity contribution in [1.29, 1.82) is 0 Å². The molecule has 3 rings (SSSR count). The van der Waals surface area contributed by atoms with Crippen molar-refractivity contribution in [2.45, 2.75) is 407 Å². The van der Waals surface area contributed by atoms with Crippen LogP contribution in [0, 0.1) is 0 Å². The summed E-state index contributed by atoms with van der Waals surface area (Å²) >= 11 is 0. The van der Waals surface area contributed by atoms with E-state index in [2.05, 4.69) is 43.5 Å². The van der Waals surface area contributed by atoms with E-state index in [9.17, 15) is 61.0 Å². The van der Waals surface area contributed by atoms with Gasteiger partial charge in [-0.15, -0.1) is 0 Å². The SMILES string of the molecule is CCCCCCCC/C=C\CCCCCCCCCC(=O)NC(COC1OC(CO)C(OC2OC(CO)C(OC3OC(CO)C(O)C(O)C3O)C(O)C2O)C(O)C1O)C(O)/C=C/CC/C=C/CCCCCCCCCCCCCCCCCCCCCCCCCCCC. The molecule has 3 aliphatic heterocycles. The molecule has 0 bridgehead atoms. The summed E-state index contributed by atoms with van der Waals surface area (Å²) in [4.78, 5) is 13.4. The standard InChI is InChI=1S/C75H139NO18/c1-3-5-7-9-11-13-15-17-19-21-22-23-24-25-26-27-28-29-30-31-32-33-34-35-37-38-40-42-44-46-48-50-52-59(80)58(76-63(81)53-51-49-47-45-43-41-39-36-20-18-16-14-12-10-8-6-4-2)57-89-73-69(87)66(84)71(61(55-78)91-73)94-75-70(88)67(85)72(62(56-79)92-75)93-74-68(86)65(83)64(82)60(54-77)90-74/h18,20,42,44,50,52,58-62,64-75,77-80,82-88H,3-17,19,21-41,43,45-49,51,53-57H2,1-2H3,(H,76,81)/b20-18-,44-42+,52-50+. The first-order chi connectivity index (χ1) is 45.8. The van der Waals surface area contributed by atoms with E-state index in [4.69, 9.17) is 28.4 Å². The highest BCUT2D eigenvalue weighted by Crippen LogP contribution is 2.33. The predicted molar refractivity (Wildman–Crippen MR) is 369 cm³/mol. The molecule has 3 aliphatic rings. The summed E-state index contributed by atoms with van der Waals surface area (Å²) in [6.07, 6.45) is 41.5. The third-order valence-corrected chi connectivity index (χ3v) is 19.2. The largest absolute Gasteiger partial charge is 0.394 e. The van der Waals surface area contributed by atoms with Crippen molar-refractivity contribution < 1.29 is 89.4 Å². The van der Waals surface area contributed by atoms with Gasteiger partial charge >= 0.3 is 0 Å². The number of ether oxygens (including phenoxy) is 6. The number of carbonyl (C=O) groups excluding carboxylic acids is 1. The van der Waals surface area contributed by atoms with Crippen LogP contribution < -0.4 is 5.32 Å². The van der Waals surface area contributed by atoms with E-state index in [1.165, 1.54) is 218 Å². The highest BCUT2D eigenvalue weighted by molar-refractivity contribution is 5.76. The second-order valence-electron chi connectivity index (χ2n) is 27.5. The second kappa shape index (κ2) is 56.7. The van der Waals surface area contributed by atoms with Crippen LogP contribution >= 0.6 is 0 Å². The summed E-state index contributed by atoms with van der Waals surface area (Å²) in [5.41, 5.74) is 0. The lowest BCUT2D eigenvalue weighted by atomic mass is 9.96. The third kappa shape index (κ3) is 37.4. The van der Waals surface area contributed by atoms with Crippen LogP contribution in [0.3, 0.4) is 0 Å². The monoisotopic (exact) mass is 1340 g/mol. The van der Waals surface area contributed by atoms with Gasteiger partial charge in [0.05, 0.1) is 38.6 Å². The number of unbranched alkanes of at least 4 members (excludes halogenated alkanes) is 40. The second-order valence-corrected chi connectivity index (χ2v) is 27.5. The molecule has 0 aromatic heterocycles. The molecule has 94 heavy (non-hydrogen) atoms. The summed E-state index contributed by atoms with van der Waals surface area (Å²) in [6, 6.07) is -0.993. The van der Waals surface area contributed by atoms with Crippen LogP contribution in [0.15, 0.2) is 36.5 Å². The molecule has 3 fully saturated rings. The summed E-state index contributed by atoms with van der Waals surface area (Å²) in [5.74, 6) is -0.287. The van der Waals surface area contributed by atoms with Crippen molar-refractivity contribution >= 4 is 5.91 Å². The predicted octanol–water partition coefficient (Wildman–Crippen LogP) is 11.6. The first-order valence-electron chi connectivity index (χ1n) is 38.2. The maximum Gasteiger partial charge on any atom is 0.220 e. The van der Waals surface area contributed by atoms with Crippen molar-refractivity contribution in [1.82, 2.24) is 5.32 Å². The summed E-state index contributed by atoms with van der Waals surface area (Å²) in [7, 11) is 0. The van der Waals surface area contributed by atoms with Crippen LogP contribution in [0.1, 0.15) is 303 Å². The number of allylic oxidation sites excluding steroid dienone is 5. The summed E-state index contributed by atoms with van der Waals surface area (Å²) in [5, 5.41) is 121. The number of hydrogen-bond donors (Lipinski definition) is 12. The minimum Gasteiger partial charge on any atom is -0.394 e. The first-order valence-corrected chi connectivity index (χ1v) is 38.2. The topological polar surface area (TPSA) is 307 Å². The number of aliphatic hydroxyl groups excluding tert-OH is 11. The van der Waals surface area contributed by atoms with Crippen molar-refractivity contribution in [3.05, 3.63) is 36.5 Å². The van der Waals surface area contributed by atoms with Gasteiger partial charge in [0, 0.05) is 6.42 Å². The fourth-order valence-corrected chi connectivity index (χ4v) is 13.0. The molecular formula is C75H139NO18. The normalized spacial score (nSPS) is 27.5. The molecule has 1 amide bonds. The van der Waals surface area contributed by atoms with Crippen LogP contribution in [0.25, 0.3) is 0 Å². The average Bonchev–Trinajstić information content (AvgIpc) is 0.787. The van der Waals surface area contributed by atoms with Crippen molar-refractivity contribution in [3.8, 4) is 0 Å². The number of hydrogen-bond acceptors (Lipinski definition) is 18. The Kier molecular flexibility index (Phi) is 52.0. The summed E-state index contributed by atoms with van der Waals surface area (Å²) in [6.45, 7) is 1.74. The Labute approximate surface area is 568 Å². The fourth-order valence-electron chi connectivity index (χ4n) is 13.0. The van der Waals surface area contributed by atoms with Crippen LogP contribution in [0.5, 0.6) is 0 Å². The number of rotatable bonds is 60. The number of aliphatic hydroxyl groups is 11. The molecule has 19 nitrogen and oxygen atoms in total. The molecule has 3 heterocycles. The zero-order valence-corrected chi connectivity index (χ0v) is 58.7. The molecule has 0 saturated carbocycles. The van der Waals surface area contributed by atoms with Gasteiger partial charge in [0.2, 0.25) is 5.91 Å². The zero-order valence-electron chi connectivity index (χ0n) is 58.7. The van der Waals surface area contributed by atoms with Crippen molar-refractivity contribution in [3.63, 3.8) is 0 Å². The van der Waals surface area contributed by atoms with E-state index in [-0.39, 0.29) is 18.9 Å². The van der Waals surface area contributed by atoms with E-state index in [1.54, 1.807) is 6.08 Å². The first kappa shape index (κ1) is 86.2. The van der Waals surface area contributed by atoms with Crippen LogP contribution in [0.2, 0.25) is 0 Å². The van der Waals surface area contributed by atoms with Crippen LogP contribution in [0.4, 0.5) is 0 Å². The van der Waals surface area contributed by atoms with E-state index >= 15 is 0 Å². The molecule has 17 atom stereocenters. The van der Waals surface area contributed by atoms with Crippen LogP contribution in [-0.2, 0) is 33.2 Å². The van der Waals surface area contributed by atoms with Gasteiger partial charge in [-0.25, -0.2) is 0 Å². The Morgan fingerprint density at radius 3 is 1.06 bits per heavy atom. The molecule has 17 unspecified atom stereocenters. The lowest BCUT2D eigenvalue weighted by molar-refractivity contribution is -0.379. The average molecular weight is 1340 g/mol. The number of carbonyl (C=O) groups is 1. The van der Waals surface area contributed by atoms with Gasteiger partial charge in [0.15, 0.2) is 18.9 Å². The molecule has 3 saturated heterocycles. The van der Waals surface area contributed by atoms with Gasteiger partial charge in [-0.3, -0.25) is 4.79 Å². The third-order valence-electron chi connectivity index (χ3n) is 19.2. The highest BCUT2D eigenvalue weighted by atomic mass is 16.8. The summed E-state index contributed by atoms with van der Waals surface area (Å²) < 4.78 is 34.4. The Balaban J connectivity index is 1.39. The molecule has 552 valence electrons. The molecule has 0 radical (unpaired) electrons. The fraction of sp³-hybridized carbons (Fsp3) is 0.907.